The van der Waals surface area contributed by atoms with Gasteiger partial charge in [-0.3, -0.25) is 4.79 Å². The van der Waals surface area contributed by atoms with Crippen LogP contribution >= 0.6 is 11.8 Å². The Hall–Kier alpha value is -1.58. The first-order chi connectivity index (χ1) is 9.08. The van der Waals surface area contributed by atoms with E-state index < -0.39 is 15.5 Å². The van der Waals surface area contributed by atoms with Gasteiger partial charge in [-0.2, -0.15) is 9.62 Å². The molecule has 1 atom stereocenters. The number of nitrogens with zero attached hydrogens (tertiary/aromatic N) is 3. The Balaban J connectivity index is 2.48. The highest BCUT2D eigenvalue weighted by Crippen LogP contribution is 2.27. The summed E-state index contributed by atoms with van der Waals surface area (Å²) in [5.41, 5.74) is 1.16. The van der Waals surface area contributed by atoms with Crippen molar-refractivity contribution in [3.8, 4) is 6.07 Å². The summed E-state index contributed by atoms with van der Waals surface area (Å²) in [6.45, 7) is 0. The molecule has 0 aromatic heterocycles. The molecular formula is C13H13N3OS2. The van der Waals surface area contributed by atoms with Crippen molar-refractivity contribution in [2.45, 2.75) is 5.75 Å². The van der Waals surface area contributed by atoms with E-state index in [0.29, 0.717) is 10.8 Å². The number of amides is 1. The van der Waals surface area contributed by atoms with Crippen LogP contribution in [0, 0.1) is 11.3 Å². The molecule has 0 N–H and O–H groups in total. The lowest BCUT2D eigenvalue weighted by Crippen LogP contribution is -2.12. The van der Waals surface area contributed by atoms with E-state index >= 15 is 0 Å². The molecule has 0 saturated carbocycles. The van der Waals surface area contributed by atoms with Crippen LogP contribution in [-0.4, -0.2) is 18.4 Å². The predicted octanol–water partition coefficient (Wildman–Crippen LogP) is 2.98. The SMILES string of the molecule is CSC1=C(C#N)C(=O)N=S(C)(Cc2ccccc2)=N1. The lowest BCUT2D eigenvalue weighted by molar-refractivity contribution is -0.113. The summed E-state index contributed by atoms with van der Waals surface area (Å²) in [5.74, 6) is 0.192. The second kappa shape index (κ2) is 5.59. The summed E-state index contributed by atoms with van der Waals surface area (Å²) in [6.07, 6.45) is 3.71. The quantitative estimate of drug-likeness (QED) is 0.860. The first-order valence-corrected chi connectivity index (χ1v) is 8.91. The third kappa shape index (κ3) is 3.06. The molecule has 0 aliphatic carbocycles. The minimum absolute atomic E-state index is 0.0607. The molecule has 1 aromatic carbocycles. The Labute approximate surface area is 117 Å². The number of carbonyl (C=O) groups is 1. The van der Waals surface area contributed by atoms with Crippen molar-refractivity contribution < 1.29 is 4.79 Å². The van der Waals surface area contributed by atoms with Gasteiger partial charge in [0.15, 0.2) is 5.57 Å². The minimum Gasteiger partial charge on any atom is -0.265 e. The topological polar surface area (TPSA) is 65.6 Å². The smallest absolute Gasteiger partial charge is 0.265 e. The lowest BCUT2D eigenvalue weighted by atomic mass is 10.2. The van der Waals surface area contributed by atoms with Gasteiger partial charge in [-0.1, -0.05) is 30.3 Å². The molecule has 1 amide bonds. The fourth-order valence-corrected chi connectivity index (χ4v) is 4.76. The van der Waals surface area contributed by atoms with Crippen LogP contribution in [0.15, 0.2) is 49.7 Å². The van der Waals surface area contributed by atoms with Crippen molar-refractivity contribution in [3.05, 3.63) is 46.5 Å². The van der Waals surface area contributed by atoms with Gasteiger partial charge in [0.05, 0.1) is 0 Å². The summed E-state index contributed by atoms with van der Waals surface area (Å²) in [6, 6.07) is 11.7. The van der Waals surface area contributed by atoms with E-state index in [-0.39, 0.29) is 5.57 Å². The summed E-state index contributed by atoms with van der Waals surface area (Å²) in [7, 11) is -1.78. The maximum absolute atomic E-state index is 11.9. The zero-order valence-electron chi connectivity index (χ0n) is 10.7. The van der Waals surface area contributed by atoms with Gasteiger partial charge in [0.1, 0.15) is 11.1 Å². The molecule has 19 heavy (non-hydrogen) atoms. The van der Waals surface area contributed by atoms with Crippen LogP contribution in [0.25, 0.3) is 0 Å². The number of hydrogen-bond donors (Lipinski definition) is 0. The van der Waals surface area contributed by atoms with Crippen LogP contribution in [0.1, 0.15) is 5.56 Å². The Kier molecular flexibility index (Phi) is 4.08. The van der Waals surface area contributed by atoms with E-state index in [1.807, 2.05) is 48.9 Å². The van der Waals surface area contributed by atoms with Crippen LogP contribution in [-0.2, 0) is 20.2 Å². The maximum Gasteiger partial charge on any atom is 0.297 e. The van der Waals surface area contributed by atoms with Crippen LogP contribution in [0.2, 0.25) is 0 Å². The standard InChI is InChI=1S/C13H13N3OS2/c1-18-13-11(8-14)12(17)15-19(2,16-13)9-10-6-4-3-5-7-10/h3-7H,9H2,1-2H3. The molecular weight excluding hydrogens is 278 g/mol. The minimum atomic E-state index is -1.78. The highest BCUT2D eigenvalue weighted by Gasteiger charge is 2.21. The average molecular weight is 291 g/mol. The van der Waals surface area contributed by atoms with Crippen LogP contribution < -0.4 is 0 Å². The molecule has 6 heteroatoms. The average Bonchev–Trinajstić information content (AvgIpc) is 2.38. The third-order valence-electron chi connectivity index (χ3n) is 2.57. The van der Waals surface area contributed by atoms with Gasteiger partial charge in [-0.05, 0) is 21.4 Å². The molecule has 98 valence electrons. The van der Waals surface area contributed by atoms with E-state index in [0.717, 1.165) is 5.56 Å². The molecule has 1 aliphatic heterocycles. The Morgan fingerprint density at radius 2 is 2.00 bits per heavy atom. The van der Waals surface area contributed by atoms with Gasteiger partial charge in [0.25, 0.3) is 5.91 Å². The van der Waals surface area contributed by atoms with Gasteiger partial charge < -0.3 is 0 Å². The molecule has 1 unspecified atom stereocenters. The molecule has 1 heterocycles. The molecule has 4 nitrogen and oxygen atoms in total. The fraction of sp³-hybridized carbons (Fsp3) is 0.231. The Morgan fingerprint density at radius 3 is 2.58 bits per heavy atom. The maximum atomic E-state index is 11.9. The molecule has 0 fully saturated rings. The van der Waals surface area contributed by atoms with E-state index in [1.165, 1.54) is 11.8 Å². The molecule has 0 bridgehead atoms. The van der Waals surface area contributed by atoms with Gasteiger partial charge in [-0.15, -0.1) is 11.8 Å². The van der Waals surface area contributed by atoms with Gasteiger partial charge in [0, 0.05) is 12.0 Å². The number of benzene rings is 1. The summed E-state index contributed by atoms with van der Waals surface area (Å²) in [5, 5.41) is 9.48. The second-order valence-corrected chi connectivity index (χ2v) is 7.54. The van der Waals surface area contributed by atoms with Crippen LogP contribution in [0.3, 0.4) is 0 Å². The number of hydrogen-bond acceptors (Lipinski definition) is 4. The van der Waals surface area contributed by atoms with Crippen molar-refractivity contribution in [2.75, 3.05) is 12.5 Å². The molecule has 2 rings (SSSR count). The van der Waals surface area contributed by atoms with Crippen LogP contribution in [0.5, 0.6) is 0 Å². The molecule has 0 radical (unpaired) electrons. The normalized spacial score (nSPS) is 22.5. The number of rotatable bonds is 3. The molecule has 0 spiro atoms. The first kappa shape index (κ1) is 13.8. The second-order valence-electron chi connectivity index (χ2n) is 4.11. The van der Waals surface area contributed by atoms with Crippen LogP contribution in [0.4, 0.5) is 0 Å². The van der Waals surface area contributed by atoms with E-state index in [4.69, 9.17) is 5.26 Å². The number of thioether (sulfide) groups is 1. The molecule has 1 aliphatic rings. The van der Waals surface area contributed by atoms with Gasteiger partial charge in [0.2, 0.25) is 0 Å². The van der Waals surface area contributed by atoms with Crippen molar-refractivity contribution in [1.82, 2.24) is 0 Å². The van der Waals surface area contributed by atoms with Crippen molar-refractivity contribution in [3.63, 3.8) is 0 Å². The van der Waals surface area contributed by atoms with Crippen molar-refractivity contribution in [2.24, 2.45) is 8.73 Å². The first-order valence-electron chi connectivity index (χ1n) is 5.56. The van der Waals surface area contributed by atoms with Gasteiger partial charge in [-0.25, -0.2) is 4.36 Å². The van der Waals surface area contributed by atoms with E-state index in [2.05, 4.69) is 8.73 Å². The highest BCUT2D eigenvalue weighted by atomic mass is 32.2. The lowest BCUT2D eigenvalue weighted by Gasteiger charge is -2.15. The Morgan fingerprint density at radius 1 is 1.32 bits per heavy atom. The zero-order valence-corrected chi connectivity index (χ0v) is 12.3. The third-order valence-corrected chi connectivity index (χ3v) is 5.39. The van der Waals surface area contributed by atoms with Crippen molar-refractivity contribution in [1.29, 1.82) is 5.26 Å². The zero-order chi connectivity index (χ0) is 13.9. The number of carbonyl (C=O) groups excluding carboxylic acids is 1. The molecule has 1 aromatic rings. The highest BCUT2D eigenvalue weighted by molar-refractivity contribution is 8.03. The Bertz CT molecular complexity index is 705. The molecule has 0 saturated heterocycles. The van der Waals surface area contributed by atoms with E-state index in [9.17, 15) is 4.79 Å². The predicted molar refractivity (Wildman–Crippen MR) is 79.5 cm³/mol. The van der Waals surface area contributed by atoms with Crippen molar-refractivity contribution >= 4 is 27.3 Å². The summed E-state index contributed by atoms with van der Waals surface area (Å²) < 4.78 is 8.69. The van der Waals surface area contributed by atoms with Gasteiger partial charge >= 0.3 is 0 Å². The largest absolute Gasteiger partial charge is 0.297 e. The fourth-order valence-electron chi connectivity index (χ4n) is 1.75. The van der Waals surface area contributed by atoms with E-state index in [1.54, 1.807) is 0 Å². The summed E-state index contributed by atoms with van der Waals surface area (Å²) in [4.78, 5) is 11.9. The number of nitriles is 1. The monoisotopic (exact) mass is 291 g/mol. The summed E-state index contributed by atoms with van der Waals surface area (Å²) >= 11 is 1.33.